The highest BCUT2D eigenvalue weighted by molar-refractivity contribution is 5.93. The van der Waals surface area contributed by atoms with Crippen LogP contribution < -0.4 is 5.43 Å². The van der Waals surface area contributed by atoms with E-state index < -0.39 is 0 Å². The first-order chi connectivity index (χ1) is 8.27. The number of aromatic nitrogens is 2. The Morgan fingerprint density at radius 1 is 1.35 bits per heavy atom. The fourth-order valence-corrected chi connectivity index (χ4v) is 1.36. The maximum atomic E-state index is 11.6. The monoisotopic (exact) mass is 228 g/mol. The highest BCUT2D eigenvalue weighted by atomic mass is 16.2. The first kappa shape index (κ1) is 11.1. The van der Waals surface area contributed by atoms with Gasteiger partial charge in [0.1, 0.15) is 5.69 Å². The predicted octanol–water partition coefficient (Wildman–Crippen LogP) is 1.18. The van der Waals surface area contributed by atoms with E-state index in [1.54, 1.807) is 25.5 Å². The summed E-state index contributed by atoms with van der Waals surface area (Å²) in [6, 6.07) is 11.2. The van der Waals surface area contributed by atoms with Gasteiger partial charge in [-0.25, -0.2) is 5.43 Å². The molecule has 0 bridgehead atoms. The van der Waals surface area contributed by atoms with Gasteiger partial charge in [0.15, 0.2) is 0 Å². The minimum Gasteiger partial charge on any atom is -0.266 e. The van der Waals surface area contributed by atoms with E-state index in [0.717, 1.165) is 5.56 Å². The molecule has 1 aromatic carbocycles. The Labute approximate surface area is 98.8 Å². The van der Waals surface area contributed by atoms with Crippen LogP contribution in [0.25, 0.3) is 0 Å². The van der Waals surface area contributed by atoms with Gasteiger partial charge in [0.2, 0.25) is 0 Å². The van der Waals surface area contributed by atoms with Crippen LogP contribution in [0.15, 0.2) is 47.7 Å². The number of rotatable bonds is 3. The van der Waals surface area contributed by atoms with Crippen molar-refractivity contribution in [1.82, 2.24) is 15.2 Å². The summed E-state index contributed by atoms with van der Waals surface area (Å²) < 4.78 is 1.49. The summed E-state index contributed by atoms with van der Waals surface area (Å²) in [6.07, 6.45) is 3.16. The Morgan fingerprint density at radius 3 is 2.76 bits per heavy atom. The Balaban J connectivity index is 1.98. The lowest BCUT2D eigenvalue weighted by Gasteiger charge is -1.99. The van der Waals surface area contributed by atoms with Gasteiger partial charge < -0.3 is 0 Å². The van der Waals surface area contributed by atoms with E-state index >= 15 is 0 Å². The molecule has 0 aliphatic rings. The molecule has 0 aliphatic heterocycles. The van der Waals surface area contributed by atoms with E-state index in [1.807, 2.05) is 30.3 Å². The van der Waals surface area contributed by atoms with Gasteiger partial charge in [-0.05, 0) is 11.6 Å². The number of hydrazone groups is 1. The molecular weight excluding hydrogens is 216 g/mol. The molecule has 0 atom stereocenters. The van der Waals surface area contributed by atoms with Crippen LogP contribution >= 0.6 is 0 Å². The van der Waals surface area contributed by atoms with Gasteiger partial charge in [0, 0.05) is 13.2 Å². The average molecular weight is 228 g/mol. The minimum atomic E-state index is -0.280. The second-order valence-electron chi connectivity index (χ2n) is 3.45. The maximum Gasteiger partial charge on any atom is 0.289 e. The molecule has 1 amide bonds. The highest BCUT2D eigenvalue weighted by Crippen LogP contribution is 1.96. The number of nitrogens with zero attached hydrogens (tertiary/aromatic N) is 3. The molecule has 0 radical (unpaired) electrons. The molecule has 1 N–H and O–H groups in total. The summed E-state index contributed by atoms with van der Waals surface area (Å²) >= 11 is 0. The molecule has 86 valence electrons. The van der Waals surface area contributed by atoms with Crippen molar-refractivity contribution in [3.05, 3.63) is 53.9 Å². The molecular formula is C12H12N4O. The molecule has 5 heteroatoms. The third-order valence-corrected chi connectivity index (χ3v) is 2.23. The van der Waals surface area contributed by atoms with Crippen LogP contribution in [0.1, 0.15) is 16.1 Å². The van der Waals surface area contributed by atoms with E-state index in [-0.39, 0.29) is 5.91 Å². The summed E-state index contributed by atoms with van der Waals surface area (Å²) in [5.41, 5.74) is 3.84. The quantitative estimate of drug-likeness (QED) is 0.633. The largest absolute Gasteiger partial charge is 0.289 e. The number of aryl methyl sites for hydroxylation is 1. The van der Waals surface area contributed by atoms with Gasteiger partial charge in [0.25, 0.3) is 5.91 Å². The molecule has 1 heterocycles. The normalized spacial score (nSPS) is 10.6. The number of amides is 1. The van der Waals surface area contributed by atoms with E-state index in [0.29, 0.717) is 5.69 Å². The van der Waals surface area contributed by atoms with Gasteiger partial charge >= 0.3 is 0 Å². The molecule has 2 rings (SSSR count). The molecule has 0 unspecified atom stereocenters. The van der Waals surface area contributed by atoms with Gasteiger partial charge in [-0.1, -0.05) is 30.3 Å². The number of hydrogen-bond donors (Lipinski definition) is 1. The molecule has 0 spiro atoms. The van der Waals surface area contributed by atoms with Crippen LogP contribution in [-0.2, 0) is 7.05 Å². The molecule has 1 aromatic heterocycles. The van der Waals surface area contributed by atoms with Crippen molar-refractivity contribution < 1.29 is 4.79 Å². The van der Waals surface area contributed by atoms with E-state index in [4.69, 9.17) is 0 Å². The summed E-state index contributed by atoms with van der Waals surface area (Å²) in [4.78, 5) is 11.6. The van der Waals surface area contributed by atoms with Crippen molar-refractivity contribution in [3.8, 4) is 0 Å². The topological polar surface area (TPSA) is 59.3 Å². The van der Waals surface area contributed by atoms with E-state index in [2.05, 4.69) is 15.6 Å². The van der Waals surface area contributed by atoms with Gasteiger partial charge in [-0.2, -0.15) is 10.2 Å². The summed E-state index contributed by atoms with van der Waals surface area (Å²) in [5, 5.41) is 7.78. The van der Waals surface area contributed by atoms with Crippen molar-refractivity contribution in [1.29, 1.82) is 0 Å². The third kappa shape index (κ3) is 2.78. The zero-order valence-electron chi connectivity index (χ0n) is 9.37. The van der Waals surface area contributed by atoms with Crippen LogP contribution in [0.2, 0.25) is 0 Å². The summed E-state index contributed by atoms with van der Waals surface area (Å²) in [7, 11) is 1.70. The SMILES string of the molecule is Cn1nccc1C(=O)NN=Cc1ccccc1. The van der Waals surface area contributed by atoms with Crippen LogP contribution in [0.5, 0.6) is 0 Å². The third-order valence-electron chi connectivity index (χ3n) is 2.23. The molecule has 0 saturated heterocycles. The Hall–Kier alpha value is -2.43. The van der Waals surface area contributed by atoms with E-state index in [9.17, 15) is 4.79 Å². The second-order valence-corrected chi connectivity index (χ2v) is 3.45. The Kier molecular flexibility index (Phi) is 3.30. The Bertz CT molecular complexity index is 530. The zero-order valence-corrected chi connectivity index (χ0v) is 9.37. The van der Waals surface area contributed by atoms with Gasteiger partial charge in [0.05, 0.1) is 6.21 Å². The lowest BCUT2D eigenvalue weighted by Crippen LogP contribution is -2.20. The second kappa shape index (κ2) is 5.07. The fourth-order valence-electron chi connectivity index (χ4n) is 1.36. The molecule has 17 heavy (non-hydrogen) atoms. The molecule has 5 nitrogen and oxygen atoms in total. The van der Waals surface area contributed by atoms with Crippen molar-refractivity contribution in [2.75, 3.05) is 0 Å². The molecule has 0 aliphatic carbocycles. The van der Waals surface area contributed by atoms with Crippen LogP contribution in [0.3, 0.4) is 0 Å². The zero-order chi connectivity index (χ0) is 12.1. The predicted molar refractivity (Wildman–Crippen MR) is 64.7 cm³/mol. The van der Waals surface area contributed by atoms with Gasteiger partial charge in [-0.15, -0.1) is 0 Å². The van der Waals surface area contributed by atoms with E-state index in [1.165, 1.54) is 4.68 Å². The van der Waals surface area contributed by atoms with Crippen molar-refractivity contribution in [2.24, 2.45) is 12.1 Å². The lowest BCUT2D eigenvalue weighted by atomic mass is 10.2. The summed E-state index contributed by atoms with van der Waals surface area (Å²) in [5.74, 6) is -0.280. The standard InChI is InChI=1S/C12H12N4O/c1-16-11(7-8-14-16)12(17)15-13-9-10-5-3-2-4-6-10/h2-9H,1H3,(H,15,17). The number of carbonyl (C=O) groups excluding carboxylic acids is 1. The molecule has 0 saturated carbocycles. The van der Waals surface area contributed by atoms with Crippen molar-refractivity contribution in [3.63, 3.8) is 0 Å². The average Bonchev–Trinajstić information content (AvgIpc) is 2.77. The smallest absolute Gasteiger partial charge is 0.266 e. The van der Waals surface area contributed by atoms with Crippen LogP contribution in [0.4, 0.5) is 0 Å². The molecule has 2 aromatic rings. The van der Waals surface area contributed by atoms with Crippen LogP contribution in [-0.4, -0.2) is 21.9 Å². The number of carbonyl (C=O) groups is 1. The van der Waals surface area contributed by atoms with Crippen LogP contribution in [0, 0.1) is 0 Å². The molecule has 0 fully saturated rings. The van der Waals surface area contributed by atoms with Gasteiger partial charge in [-0.3, -0.25) is 9.48 Å². The highest BCUT2D eigenvalue weighted by Gasteiger charge is 2.07. The first-order valence-corrected chi connectivity index (χ1v) is 5.14. The van der Waals surface area contributed by atoms with Crippen molar-refractivity contribution >= 4 is 12.1 Å². The number of hydrogen-bond acceptors (Lipinski definition) is 3. The fraction of sp³-hybridized carbons (Fsp3) is 0.0833. The summed E-state index contributed by atoms with van der Waals surface area (Å²) in [6.45, 7) is 0. The first-order valence-electron chi connectivity index (χ1n) is 5.14. The lowest BCUT2D eigenvalue weighted by molar-refractivity contribution is 0.0946. The minimum absolute atomic E-state index is 0.280. The number of nitrogens with one attached hydrogen (secondary N) is 1. The maximum absolute atomic E-state index is 11.6. The Morgan fingerprint density at radius 2 is 2.12 bits per heavy atom. The number of benzene rings is 1. The van der Waals surface area contributed by atoms with Crippen molar-refractivity contribution in [2.45, 2.75) is 0 Å².